The van der Waals surface area contributed by atoms with Crippen LogP contribution >= 0.6 is 11.8 Å². The fourth-order valence-corrected chi connectivity index (χ4v) is 2.76. The predicted octanol–water partition coefficient (Wildman–Crippen LogP) is 2.92. The second kappa shape index (κ2) is 9.09. The molecule has 1 heterocycles. The summed E-state index contributed by atoms with van der Waals surface area (Å²) in [6, 6.07) is 9.72. The topological polar surface area (TPSA) is 54.9 Å². The Bertz CT molecular complexity index is 740. The third-order valence-electron chi connectivity index (χ3n) is 3.57. The zero-order valence-electron chi connectivity index (χ0n) is 14.2. The Morgan fingerprint density at radius 2 is 1.83 bits per heavy atom. The fourth-order valence-electron chi connectivity index (χ4n) is 2.30. The SMILES string of the molecule is CSc1nc(C)c(CCC(=O)NCC#Cc2ccccc2)c(C)n1. The van der Waals surface area contributed by atoms with Gasteiger partial charge >= 0.3 is 0 Å². The number of benzene rings is 1. The van der Waals surface area contributed by atoms with Crippen LogP contribution in [0.5, 0.6) is 0 Å². The minimum atomic E-state index is -0.00916. The first-order chi connectivity index (χ1) is 11.6. The molecule has 124 valence electrons. The van der Waals surface area contributed by atoms with Crippen LogP contribution in [0.25, 0.3) is 0 Å². The highest BCUT2D eigenvalue weighted by Gasteiger charge is 2.10. The zero-order chi connectivity index (χ0) is 17.4. The number of hydrogen-bond donors (Lipinski definition) is 1. The predicted molar refractivity (Wildman–Crippen MR) is 97.9 cm³/mol. The highest BCUT2D eigenvalue weighted by Crippen LogP contribution is 2.16. The standard InChI is InChI=1S/C19H21N3OS/c1-14-17(15(2)22-19(21-14)24-3)11-12-18(23)20-13-7-10-16-8-5-4-6-9-16/h4-6,8-9H,11-13H2,1-3H3,(H,20,23). The summed E-state index contributed by atoms with van der Waals surface area (Å²) in [7, 11) is 0. The van der Waals surface area contributed by atoms with Crippen molar-refractivity contribution in [2.24, 2.45) is 0 Å². The van der Waals surface area contributed by atoms with Crippen LogP contribution in [0.4, 0.5) is 0 Å². The highest BCUT2D eigenvalue weighted by molar-refractivity contribution is 7.98. The quantitative estimate of drug-likeness (QED) is 0.517. The Hall–Kier alpha value is -2.32. The van der Waals surface area contributed by atoms with E-state index >= 15 is 0 Å². The van der Waals surface area contributed by atoms with Crippen molar-refractivity contribution in [2.45, 2.75) is 31.8 Å². The minimum absolute atomic E-state index is 0.00916. The van der Waals surface area contributed by atoms with E-state index in [2.05, 4.69) is 27.1 Å². The number of nitrogens with one attached hydrogen (secondary N) is 1. The van der Waals surface area contributed by atoms with Crippen molar-refractivity contribution in [3.63, 3.8) is 0 Å². The summed E-state index contributed by atoms with van der Waals surface area (Å²) < 4.78 is 0. The van der Waals surface area contributed by atoms with Crippen LogP contribution in [-0.2, 0) is 11.2 Å². The van der Waals surface area contributed by atoms with Gasteiger partial charge in [0.2, 0.25) is 5.91 Å². The molecule has 0 atom stereocenters. The summed E-state index contributed by atoms with van der Waals surface area (Å²) >= 11 is 1.53. The van der Waals surface area contributed by atoms with Crippen molar-refractivity contribution in [1.29, 1.82) is 0 Å². The third kappa shape index (κ3) is 5.39. The Morgan fingerprint density at radius 3 is 2.46 bits per heavy atom. The van der Waals surface area contributed by atoms with Crippen molar-refractivity contribution in [2.75, 3.05) is 12.8 Å². The lowest BCUT2D eigenvalue weighted by molar-refractivity contribution is -0.120. The molecule has 5 heteroatoms. The van der Waals surface area contributed by atoms with Crippen LogP contribution in [-0.4, -0.2) is 28.7 Å². The molecule has 0 fully saturated rings. The Morgan fingerprint density at radius 1 is 1.17 bits per heavy atom. The van der Waals surface area contributed by atoms with Gasteiger partial charge < -0.3 is 5.32 Å². The first kappa shape index (κ1) is 18.0. The van der Waals surface area contributed by atoms with E-state index in [4.69, 9.17) is 0 Å². The summed E-state index contributed by atoms with van der Waals surface area (Å²) in [5.74, 6) is 5.97. The molecule has 24 heavy (non-hydrogen) atoms. The normalized spacial score (nSPS) is 9.96. The molecule has 0 radical (unpaired) electrons. The molecule has 0 aliphatic heterocycles. The van der Waals surface area contributed by atoms with Gasteiger partial charge in [-0.15, -0.1) is 0 Å². The van der Waals surface area contributed by atoms with E-state index in [9.17, 15) is 4.79 Å². The molecule has 2 aromatic rings. The van der Waals surface area contributed by atoms with Crippen molar-refractivity contribution in [3.05, 3.63) is 52.8 Å². The number of carbonyl (C=O) groups is 1. The number of thioether (sulfide) groups is 1. The fraction of sp³-hybridized carbons (Fsp3) is 0.316. The van der Waals surface area contributed by atoms with E-state index in [-0.39, 0.29) is 5.91 Å². The number of aryl methyl sites for hydroxylation is 2. The summed E-state index contributed by atoms with van der Waals surface area (Å²) in [4.78, 5) is 20.8. The number of hydrogen-bond acceptors (Lipinski definition) is 4. The second-order valence-corrected chi connectivity index (χ2v) is 6.08. The maximum Gasteiger partial charge on any atom is 0.221 e. The van der Waals surface area contributed by atoms with Gasteiger partial charge in [-0.3, -0.25) is 4.79 Å². The van der Waals surface area contributed by atoms with Crippen LogP contribution in [0.2, 0.25) is 0 Å². The minimum Gasteiger partial charge on any atom is -0.345 e. The Balaban J connectivity index is 1.83. The lowest BCUT2D eigenvalue weighted by Gasteiger charge is -2.09. The monoisotopic (exact) mass is 339 g/mol. The second-order valence-electron chi connectivity index (χ2n) is 5.30. The smallest absolute Gasteiger partial charge is 0.221 e. The molecule has 1 aromatic heterocycles. The summed E-state index contributed by atoms with van der Waals surface area (Å²) in [5.41, 5.74) is 3.90. The van der Waals surface area contributed by atoms with Gasteiger partial charge in [-0.25, -0.2) is 9.97 Å². The molecule has 0 spiro atoms. The maximum absolute atomic E-state index is 11.9. The average Bonchev–Trinajstić information content (AvgIpc) is 2.58. The van der Waals surface area contributed by atoms with Crippen molar-refractivity contribution < 1.29 is 4.79 Å². The molecular weight excluding hydrogens is 318 g/mol. The van der Waals surface area contributed by atoms with Crippen LogP contribution in [0.1, 0.15) is 28.9 Å². The highest BCUT2D eigenvalue weighted by atomic mass is 32.2. The number of nitrogens with zero attached hydrogens (tertiary/aromatic N) is 2. The van der Waals surface area contributed by atoms with Crippen LogP contribution in [0.3, 0.4) is 0 Å². The van der Waals surface area contributed by atoms with Gasteiger partial charge in [-0.1, -0.05) is 41.8 Å². The molecule has 0 aliphatic rings. The van der Waals surface area contributed by atoms with Gasteiger partial charge in [0.15, 0.2) is 5.16 Å². The van der Waals surface area contributed by atoms with E-state index in [1.165, 1.54) is 11.8 Å². The van der Waals surface area contributed by atoms with Crippen molar-refractivity contribution in [3.8, 4) is 11.8 Å². The average molecular weight is 339 g/mol. The molecule has 0 unspecified atom stereocenters. The molecular formula is C19H21N3OS. The molecule has 1 amide bonds. The molecule has 0 saturated heterocycles. The zero-order valence-corrected chi connectivity index (χ0v) is 15.0. The lowest BCUT2D eigenvalue weighted by Crippen LogP contribution is -2.24. The lowest BCUT2D eigenvalue weighted by atomic mass is 10.1. The van der Waals surface area contributed by atoms with Gasteiger partial charge in [0.25, 0.3) is 0 Å². The van der Waals surface area contributed by atoms with Crippen LogP contribution < -0.4 is 5.32 Å². The molecule has 2 rings (SSSR count). The molecule has 0 saturated carbocycles. The van der Waals surface area contributed by atoms with E-state index in [1.807, 2.05) is 50.4 Å². The van der Waals surface area contributed by atoms with Crippen LogP contribution in [0.15, 0.2) is 35.5 Å². The first-order valence-corrected chi connectivity index (χ1v) is 9.01. The van der Waals surface area contributed by atoms with Crippen LogP contribution in [0, 0.1) is 25.7 Å². The Kier molecular flexibility index (Phi) is 6.83. The molecule has 0 aliphatic carbocycles. The number of rotatable bonds is 5. The van der Waals surface area contributed by atoms with Gasteiger partial charge in [0.05, 0.1) is 6.54 Å². The molecule has 1 aromatic carbocycles. The molecule has 4 nitrogen and oxygen atoms in total. The number of carbonyl (C=O) groups excluding carboxylic acids is 1. The number of aromatic nitrogens is 2. The van der Waals surface area contributed by atoms with Gasteiger partial charge in [-0.2, -0.15) is 0 Å². The largest absolute Gasteiger partial charge is 0.345 e. The maximum atomic E-state index is 11.9. The summed E-state index contributed by atoms with van der Waals surface area (Å²) in [5, 5.41) is 3.60. The third-order valence-corrected chi connectivity index (χ3v) is 4.11. The Labute approximate surface area is 147 Å². The molecule has 1 N–H and O–H groups in total. The summed E-state index contributed by atoms with van der Waals surface area (Å²) in [6.07, 6.45) is 3.01. The van der Waals surface area contributed by atoms with E-state index in [0.29, 0.717) is 19.4 Å². The van der Waals surface area contributed by atoms with E-state index in [1.54, 1.807) is 0 Å². The molecule has 0 bridgehead atoms. The van der Waals surface area contributed by atoms with Gasteiger partial charge in [-0.05, 0) is 44.2 Å². The number of amides is 1. The van der Waals surface area contributed by atoms with Gasteiger partial charge in [0, 0.05) is 23.4 Å². The van der Waals surface area contributed by atoms with Gasteiger partial charge in [0.1, 0.15) is 0 Å². The van der Waals surface area contributed by atoms with E-state index in [0.717, 1.165) is 27.7 Å². The van der Waals surface area contributed by atoms with E-state index < -0.39 is 0 Å². The van der Waals surface area contributed by atoms with Crippen molar-refractivity contribution in [1.82, 2.24) is 15.3 Å². The summed E-state index contributed by atoms with van der Waals surface area (Å²) in [6.45, 7) is 4.29. The first-order valence-electron chi connectivity index (χ1n) is 7.79. The van der Waals surface area contributed by atoms with Crippen molar-refractivity contribution >= 4 is 17.7 Å².